The van der Waals surface area contributed by atoms with Crippen molar-refractivity contribution in [2.24, 2.45) is 11.8 Å². The van der Waals surface area contributed by atoms with Crippen molar-refractivity contribution < 1.29 is 8.42 Å². The zero-order valence-electron chi connectivity index (χ0n) is 11.5. The van der Waals surface area contributed by atoms with Gasteiger partial charge < -0.3 is 0 Å². The summed E-state index contributed by atoms with van der Waals surface area (Å²) >= 11 is 12.8. The third kappa shape index (κ3) is 4.67. The van der Waals surface area contributed by atoms with Crippen molar-refractivity contribution >= 4 is 53.5 Å². The molecule has 1 fully saturated rings. The fourth-order valence-electron chi connectivity index (χ4n) is 2.74. The van der Waals surface area contributed by atoms with Gasteiger partial charge in [0, 0.05) is 16.3 Å². The maximum atomic E-state index is 12.4. The predicted octanol–water partition coefficient (Wildman–Crippen LogP) is 4.58. The quantitative estimate of drug-likeness (QED) is 0.655. The molecule has 0 heterocycles. The van der Waals surface area contributed by atoms with Crippen LogP contribution in [0.15, 0.2) is 27.6 Å². The summed E-state index contributed by atoms with van der Waals surface area (Å²) in [6, 6.07) is 4.80. The molecule has 1 aliphatic carbocycles. The molecule has 1 aromatic rings. The fraction of sp³-hybridized carbons (Fsp3) is 0.571. The second-order valence-electron chi connectivity index (χ2n) is 5.39. The molecule has 7 heteroatoms. The number of hydrogen-bond donors (Lipinski definition) is 1. The number of sulfonamides is 1. The lowest BCUT2D eigenvalue weighted by molar-refractivity contribution is 0.263. The Morgan fingerprint density at radius 3 is 2.52 bits per heavy atom. The SMILES string of the molecule is O=S(=O)(NCC1CCCCC1CBr)c1ccc(Br)cc1Cl. The van der Waals surface area contributed by atoms with E-state index in [1.165, 1.54) is 18.9 Å². The molecule has 0 saturated heterocycles. The minimum Gasteiger partial charge on any atom is -0.211 e. The molecule has 0 amide bonds. The first-order valence-electron chi connectivity index (χ1n) is 6.94. The van der Waals surface area contributed by atoms with Gasteiger partial charge in [0.25, 0.3) is 0 Å². The Labute approximate surface area is 148 Å². The van der Waals surface area contributed by atoms with Gasteiger partial charge in [-0.25, -0.2) is 13.1 Å². The number of benzene rings is 1. The smallest absolute Gasteiger partial charge is 0.211 e. The van der Waals surface area contributed by atoms with E-state index in [0.29, 0.717) is 18.4 Å². The zero-order chi connectivity index (χ0) is 15.5. The van der Waals surface area contributed by atoms with Gasteiger partial charge in [-0.15, -0.1) is 0 Å². The minimum absolute atomic E-state index is 0.138. The summed E-state index contributed by atoms with van der Waals surface area (Å²) in [5.74, 6) is 0.934. The highest BCUT2D eigenvalue weighted by atomic mass is 79.9. The Kier molecular flexibility index (Phi) is 6.56. The van der Waals surface area contributed by atoms with E-state index in [1.54, 1.807) is 12.1 Å². The van der Waals surface area contributed by atoms with Gasteiger partial charge in [-0.3, -0.25) is 0 Å². The minimum atomic E-state index is -3.56. The van der Waals surface area contributed by atoms with Crippen LogP contribution in [0.25, 0.3) is 0 Å². The van der Waals surface area contributed by atoms with Crippen LogP contribution >= 0.6 is 43.5 Å². The van der Waals surface area contributed by atoms with Crippen LogP contribution in [0.5, 0.6) is 0 Å². The van der Waals surface area contributed by atoms with Crippen molar-refractivity contribution in [1.82, 2.24) is 4.72 Å². The van der Waals surface area contributed by atoms with Crippen molar-refractivity contribution in [2.75, 3.05) is 11.9 Å². The molecule has 1 N–H and O–H groups in total. The lowest BCUT2D eigenvalue weighted by Gasteiger charge is -2.30. The summed E-state index contributed by atoms with van der Waals surface area (Å²) in [5, 5.41) is 1.16. The molecule has 0 spiro atoms. The van der Waals surface area contributed by atoms with Gasteiger partial charge in [-0.05, 0) is 42.9 Å². The van der Waals surface area contributed by atoms with Crippen LogP contribution in [0.4, 0.5) is 0 Å². The Balaban J connectivity index is 2.07. The average molecular weight is 460 g/mol. The second-order valence-corrected chi connectivity index (χ2v) is 9.09. The molecule has 0 aliphatic heterocycles. The summed E-state index contributed by atoms with van der Waals surface area (Å²) in [6.45, 7) is 0.477. The van der Waals surface area contributed by atoms with Gasteiger partial charge in [0.15, 0.2) is 0 Å². The molecule has 21 heavy (non-hydrogen) atoms. The van der Waals surface area contributed by atoms with E-state index in [4.69, 9.17) is 11.6 Å². The standard InChI is InChI=1S/C14H18Br2ClNO2S/c15-8-10-3-1-2-4-11(10)9-18-21(19,20)14-6-5-12(16)7-13(14)17/h5-7,10-11,18H,1-4,8-9H2. The van der Waals surface area contributed by atoms with E-state index in [-0.39, 0.29) is 9.92 Å². The molecule has 0 aromatic heterocycles. The Hall–Kier alpha value is 0.380. The first kappa shape index (κ1) is 17.7. The molecule has 1 aromatic carbocycles. The summed E-state index contributed by atoms with van der Waals surface area (Å²) < 4.78 is 28.2. The van der Waals surface area contributed by atoms with E-state index in [0.717, 1.165) is 22.6 Å². The van der Waals surface area contributed by atoms with Gasteiger partial charge in [-0.1, -0.05) is 56.3 Å². The van der Waals surface area contributed by atoms with Crippen LogP contribution in [-0.2, 0) is 10.0 Å². The number of hydrogen-bond acceptors (Lipinski definition) is 2. The van der Waals surface area contributed by atoms with Crippen LogP contribution in [0, 0.1) is 11.8 Å². The molecular formula is C14H18Br2ClNO2S. The number of nitrogens with one attached hydrogen (secondary N) is 1. The molecule has 118 valence electrons. The summed E-state index contributed by atoms with van der Waals surface area (Å²) in [6.07, 6.45) is 4.65. The van der Waals surface area contributed by atoms with Crippen LogP contribution < -0.4 is 4.72 Å². The molecule has 2 atom stereocenters. The van der Waals surface area contributed by atoms with Gasteiger partial charge in [0.05, 0.1) is 5.02 Å². The largest absolute Gasteiger partial charge is 0.242 e. The Morgan fingerprint density at radius 1 is 1.24 bits per heavy atom. The lowest BCUT2D eigenvalue weighted by Crippen LogP contribution is -2.35. The molecule has 1 aliphatic rings. The zero-order valence-corrected chi connectivity index (χ0v) is 16.2. The maximum Gasteiger partial charge on any atom is 0.242 e. The number of halogens is 3. The van der Waals surface area contributed by atoms with E-state index in [1.807, 2.05) is 0 Å². The van der Waals surface area contributed by atoms with Crippen molar-refractivity contribution in [2.45, 2.75) is 30.6 Å². The molecule has 2 rings (SSSR count). The van der Waals surface area contributed by atoms with Crippen LogP contribution in [0.1, 0.15) is 25.7 Å². The highest BCUT2D eigenvalue weighted by molar-refractivity contribution is 9.10. The van der Waals surface area contributed by atoms with Crippen LogP contribution in [-0.4, -0.2) is 20.3 Å². The Bertz CT molecular complexity index is 595. The van der Waals surface area contributed by atoms with Crippen molar-refractivity contribution in [3.05, 3.63) is 27.7 Å². The van der Waals surface area contributed by atoms with Crippen molar-refractivity contribution in [3.8, 4) is 0 Å². The molecule has 2 unspecified atom stereocenters. The lowest BCUT2D eigenvalue weighted by atomic mass is 9.80. The fourth-order valence-corrected chi connectivity index (χ4v) is 5.73. The summed E-state index contributed by atoms with van der Waals surface area (Å²) in [5.41, 5.74) is 0. The second kappa shape index (κ2) is 7.77. The maximum absolute atomic E-state index is 12.4. The summed E-state index contributed by atoms with van der Waals surface area (Å²) in [7, 11) is -3.56. The van der Waals surface area contributed by atoms with Crippen LogP contribution in [0.2, 0.25) is 5.02 Å². The first-order valence-corrected chi connectivity index (χ1v) is 10.7. The van der Waals surface area contributed by atoms with Gasteiger partial charge in [0.2, 0.25) is 10.0 Å². The number of alkyl halides is 1. The van der Waals surface area contributed by atoms with E-state index >= 15 is 0 Å². The highest BCUT2D eigenvalue weighted by Crippen LogP contribution is 2.31. The highest BCUT2D eigenvalue weighted by Gasteiger charge is 2.26. The van der Waals surface area contributed by atoms with E-state index < -0.39 is 10.0 Å². The van der Waals surface area contributed by atoms with Gasteiger partial charge in [0.1, 0.15) is 4.90 Å². The number of rotatable bonds is 5. The first-order chi connectivity index (χ1) is 9.94. The molecule has 0 bridgehead atoms. The monoisotopic (exact) mass is 457 g/mol. The molecule has 3 nitrogen and oxygen atoms in total. The molecule has 1 saturated carbocycles. The normalized spacial score (nSPS) is 23.2. The third-order valence-electron chi connectivity index (χ3n) is 3.98. The van der Waals surface area contributed by atoms with Crippen LogP contribution in [0.3, 0.4) is 0 Å². The third-order valence-corrected chi connectivity index (χ3v) is 7.22. The Morgan fingerprint density at radius 2 is 1.90 bits per heavy atom. The van der Waals surface area contributed by atoms with E-state index in [2.05, 4.69) is 36.6 Å². The average Bonchev–Trinajstić information content (AvgIpc) is 2.45. The van der Waals surface area contributed by atoms with Gasteiger partial charge in [-0.2, -0.15) is 0 Å². The van der Waals surface area contributed by atoms with Crippen molar-refractivity contribution in [3.63, 3.8) is 0 Å². The van der Waals surface area contributed by atoms with E-state index in [9.17, 15) is 8.42 Å². The topological polar surface area (TPSA) is 46.2 Å². The van der Waals surface area contributed by atoms with Gasteiger partial charge >= 0.3 is 0 Å². The molecular weight excluding hydrogens is 441 g/mol. The summed E-state index contributed by atoms with van der Waals surface area (Å²) in [4.78, 5) is 0.138. The predicted molar refractivity (Wildman–Crippen MR) is 93.6 cm³/mol. The van der Waals surface area contributed by atoms with Crippen molar-refractivity contribution in [1.29, 1.82) is 0 Å². The molecule has 0 radical (unpaired) electrons.